The molecule has 0 bridgehead atoms. The SMILES string of the molecule is Cc1nc(SC(C)C(N)=O)n(C2CCCCC2)c1C. The van der Waals surface area contributed by atoms with Crippen molar-refractivity contribution in [3.63, 3.8) is 0 Å². The lowest BCUT2D eigenvalue weighted by atomic mass is 9.95. The fraction of sp³-hybridized carbons (Fsp3) is 0.714. The average molecular weight is 281 g/mol. The van der Waals surface area contributed by atoms with Crippen LogP contribution in [0.1, 0.15) is 56.5 Å². The predicted octanol–water partition coefficient (Wildman–Crippen LogP) is 2.97. The van der Waals surface area contributed by atoms with Crippen molar-refractivity contribution in [2.75, 3.05) is 0 Å². The molecule has 0 spiro atoms. The molecule has 1 unspecified atom stereocenters. The summed E-state index contributed by atoms with van der Waals surface area (Å²) in [4.78, 5) is 15.9. The van der Waals surface area contributed by atoms with E-state index in [1.807, 2.05) is 13.8 Å². The first kappa shape index (κ1) is 14.4. The highest BCUT2D eigenvalue weighted by molar-refractivity contribution is 8.00. The number of imidazole rings is 1. The molecular weight excluding hydrogens is 258 g/mol. The van der Waals surface area contributed by atoms with E-state index in [2.05, 4.69) is 16.5 Å². The number of aromatic nitrogens is 2. The molecule has 4 nitrogen and oxygen atoms in total. The molecule has 0 saturated heterocycles. The Hall–Kier alpha value is -0.970. The summed E-state index contributed by atoms with van der Waals surface area (Å²) in [7, 11) is 0. The Bertz CT molecular complexity index is 464. The second kappa shape index (κ2) is 5.99. The van der Waals surface area contributed by atoms with E-state index in [0.29, 0.717) is 6.04 Å². The number of thioether (sulfide) groups is 1. The van der Waals surface area contributed by atoms with Gasteiger partial charge in [0.2, 0.25) is 5.91 Å². The number of nitrogens with zero attached hydrogens (tertiary/aromatic N) is 2. The first-order valence-corrected chi connectivity index (χ1v) is 7.90. The van der Waals surface area contributed by atoms with Gasteiger partial charge in [-0.25, -0.2) is 4.98 Å². The van der Waals surface area contributed by atoms with Crippen LogP contribution in [0.15, 0.2) is 5.16 Å². The summed E-state index contributed by atoms with van der Waals surface area (Å²) >= 11 is 1.48. The van der Waals surface area contributed by atoms with Gasteiger partial charge in [0.05, 0.1) is 10.9 Å². The largest absolute Gasteiger partial charge is 0.369 e. The van der Waals surface area contributed by atoms with Crippen LogP contribution >= 0.6 is 11.8 Å². The van der Waals surface area contributed by atoms with Crippen molar-refractivity contribution in [2.45, 2.75) is 69.3 Å². The molecule has 5 heteroatoms. The maximum absolute atomic E-state index is 11.2. The Morgan fingerprint density at radius 2 is 2.00 bits per heavy atom. The summed E-state index contributed by atoms with van der Waals surface area (Å²) < 4.78 is 2.33. The zero-order valence-corrected chi connectivity index (χ0v) is 12.8. The highest BCUT2D eigenvalue weighted by Gasteiger charge is 2.24. The summed E-state index contributed by atoms with van der Waals surface area (Å²) in [6.07, 6.45) is 6.35. The third kappa shape index (κ3) is 3.14. The van der Waals surface area contributed by atoms with E-state index in [4.69, 9.17) is 5.73 Å². The van der Waals surface area contributed by atoms with Gasteiger partial charge in [0, 0.05) is 11.7 Å². The van der Waals surface area contributed by atoms with Crippen LogP contribution in [-0.2, 0) is 4.79 Å². The van der Waals surface area contributed by atoms with Crippen LogP contribution in [0.5, 0.6) is 0 Å². The van der Waals surface area contributed by atoms with E-state index in [1.54, 1.807) is 0 Å². The van der Waals surface area contributed by atoms with E-state index in [-0.39, 0.29) is 11.2 Å². The first-order chi connectivity index (χ1) is 9.00. The van der Waals surface area contributed by atoms with Crippen LogP contribution in [0.4, 0.5) is 0 Å². The number of amides is 1. The molecule has 1 amide bonds. The van der Waals surface area contributed by atoms with Gasteiger partial charge in [0.1, 0.15) is 0 Å². The minimum absolute atomic E-state index is 0.233. The molecule has 1 atom stereocenters. The predicted molar refractivity (Wildman–Crippen MR) is 78.3 cm³/mol. The summed E-state index contributed by atoms with van der Waals surface area (Å²) in [5, 5.41) is 0.719. The molecule has 0 aliphatic heterocycles. The number of rotatable bonds is 4. The van der Waals surface area contributed by atoms with Crippen molar-refractivity contribution in [3.8, 4) is 0 Å². The molecule has 0 radical (unpaired) electrons. The highest BCUT2D eigenvalue weighted by atomic mass is 32.2. The van der Waals surface area contributed by atoms with Gasteiger partial charge in [-0.05, 0) is 33.6 Å². The monoisotopic (exact) mass is 281 g/mol. The molecule has 2 rings (SSSR count). The molecule has 1 heterocycles. The minimum Gasteiger partial charge on any atom is -0.369 e. The zero-order chi connectivity index (χ0) is 14.0. The lowest BCUT2D eigenvalue weighted by Gasteiger charge is -2.26. The number of aryl methyl sites for hydroxylation is 1. The van der Waals surface area contributed by atoms with Gasteiger partial charge in [-0.15, -0.1) is 0 Å². The molecule has 1 aliphatic carbocycles. The topological polar surface area (TPSA) is 60.9 Å². The molecule has 0 aromatic carbocycles. The van der Waals surface area contributed by atoms with Gasteiger partial charge < -0.3 is 10.3 Å². The maximum Gasteiger partial charge on any atom is 0.230 e. The smallest absolute Gasteiger partial charge is 0.230 e. The second-order valence-electron chi connectivity index (χ2n) is 5.39. The molecule has 1 aromatic rings. The van der Waals surface area contributed by atoms with Gasteiger partial charge >= 0.3 is 0 Å². The molecule has 2 N–H and O–H groups in total. The number of hydrogen-bond acceptors (Lipinski definition) is 3. The third-order valence-corrected chi connectivity index (χ3v) is 5.06. The van der Waals surface area contributed by atoms with Crippen LogP contribution in [-0.4, -0.2) is 20.7 Å². The highest BCUT2D eigenvalue weighted by Crippen LogP contribution is 2.35. The number of hydrogen-bond donors (Lipinski definition) is 1. The zero-order valence-electron chi connectivity index (χ0n) is 12.0. The molecule has 19 heavy (non-hydrogen) atoms. The molecule has 1 aromatic heterocycles. The van der Waals surface area contributed by atoms with Crippen LogP contribution in [0.2, 0.25) is 0 Å². The van der Waals surface area contributed by atoms with Gasteiger partial charge in [-0.2, -0.15) is 0 Å². The molecule has 1 saturated carbocycles. The third-order valence-electron chi connectivity index (χ3n) is 3.98. The van der Waals surface area contributed by atoms with Gasteiger partial charge in [-0.3, -0.25) is 4.79 Å². The quantitative estimate of drug-likeness (QED) is 0.863. The van der Waals surface area contributed by atoms with E-state index >= 15 is 0 Å². The minimum atomic E-state index is -0.279. The van der Waals surface area contributed by atoms with E-state index in [0.717, 1.165) is 10.9 Å². The van der Waals surface area contributed by atoms with Crippen LogP contribution in [0.3, 0.4) is 0 Å². The van der Waals surface area contributed by atoms with Crippen LogP contribution in [0.25, 0.3) is 0 Å². The Morgan fingerprint density at radius 3 is 2.58 bits per heavy atom. The lowest BCUT2D eigenvalue weighted by Crippen LogP contribution is -2.23. The first-order valence-electron chi connectivity index (χ1n) is 7.02. The van der Waals surface area contributed by atoms with E-state index < -0.39 is 0 Å². The van der Waals surface area contributed by atoms with Crippen molar-refractivity contribution in [1.82, 2.24) is 9.55 Å². The summed E-state index contributed by atoms with van der Waals surface area (Å²) in [5.41, 5.74) is 7.65. The van der Waals surface area contributed by atoms with Crippen molar-refractivity contribution < 1.29 is 4.79 Å². The number of primary amides is 1. The molecule has 1 aliphatic rings. The Balaban J connectivity index is 2.27. The Labute approximate surface area is 119 Å². The van der Waals surface area contributed by atoms with Gasteiger partial charge in [0.15, 0.2) is 5.16 Å². The lowest BCUT2D eigenvalue weighted by molar-refractivity contribution is -0.117. The molecule has 106 valence electrons. The summed E-state index contributed by atoms with van der Waals surface area (Å²) in [6, 6.07) is 0.539. The van der Waals surface area contributed by atoms with Crippen LogP contribution < -0.4 is 5.73 Å². The second-order valence-corrected chi connectivity index (χ2v) is 6.70. The molecule has 1 fully saturated rings. The maximum atomic E-state index is 11.2. The summed E-state index contributed by atoms with van der Waals surface area (Å²) in [6.45, 7) is 6.00. The molecular formula is C14H23N3OS. The van der Waals surface area contributed by atoms with Crippen molar-refractivity contribution >= 4 is 17.7 Å². The number of carbonyl (C=O) groups excluding carboxylic acids is 1. The Morgan fingerprint density at radius 1 is 1.37 bits per heavy atom. The van der Waals surface area contributed by atoms with E-state index in [1.165, 1.54) is 49.6 Å². The summed E-state index contributed by atoms with van der Waals surface area (Å²) in [5.74, 6) is -0.279. The average Bonchev–Trinajstić information content (AvgIpc) is 2.66. The van der Waals surface area contributed by atoms with E-state index in [9.17, 15) is 4.79 Å². The fourth-order valence-corrected chi connectivity index (χ4v) is 3.69. The van der Waals surface area contributed by atoms with Crippen molar-refractivity contribution in [1.29, 1.82) is 0 Å². The Kier molecular flexibility index (Phi) is 4.55. The van der Waals surface area contributed by atoms with Gasteiger partial charge in [0.25, 0.3) is 0 Å². The number of nitrogens with two attached hydrogens (primary N) is 1. The van der Waals surface area contributed by atoms with Gasteiger partial charge in [-0.1, -0.05) is 31.0 Å². The number of carbonyl (C=O) groups is 1. The van der Waals surface area contributed by atoms with Crippen molar-refractivity contribution in [3.05, 3.63) is 11.4 Å². The fourth-order valence-electron chi connectivity index (χ4n) is 2.66. The standard InChI is InChI=1S/C14H23N3OS/c1-9-10(2)17(12-7-5-4-6-8-12)14(16-9)19-11(3)13(15)18/h11-12H,4-8H2,1-3H3,(H2,15,18). The van der Waals surface area contributed by atoms with Crippen LogP contribution in [0, 0.1) is 13.8 Å². The normalized spacial score (nSPS) is 18.5. The van der Waals surface area contributed by atoms with Crippen molar-refractivity contribution in [2.24, 2.45) is 5.73 Å².